The van der Waals surface area contributed by atoms with Crippen molar-refractivity contribution in [1.29, 1.82) is 0 Å². The van der Waals surface area contributed by atoms with Gasteiger partial charge in [-0.2, -0.15) is 0 Å². The van der Waals surface area contributed by atoms with Crippen molar-refractivity contribution in [2.45, 2.75) is 17.7 Å². The van der Waals surface area contributed by atoms with E-state index in [2.05, 4.69) is 21.0 Å². The number of aromatic amines is 1. The minimum Gasteiger partial charge on any atom is -0.381 e. The first-order chi connectivity index (χ1) is 14.8. The molecule has 2 aromatic heterocycles. The Bertz CT molecular complexity index is 1220. The monoisotopic (exact) mass is 477 g/mol. The van der Waals surface area contributed by atoms with Gasteiger partial charge in [0.1, 0.15) is 5.69 Å². The predicted molar refractivity (Wildman–Crippen MR) is 122 cm³/mol. The number of imidazole rings is 1. The number of halogens is 2. The predicted octanol–water partition coefficient (Wildman–Crippen LogP) is 5.04. The van der Waals surface area contributed by atoms with Crippen LogP contribution in [0.1, 0.15) is 24.1 Å². The molecule has 0 radical (unpaired) electrons. The molecule has 162 valence electrons. The Morgan fingerprint density at radius 3 is 2.61 bits per heavy atom. The van der Waals surface area contributed by atoms with Gasteiger partial charge in [0.2, 0.25) is 0 Å². The summed E-state index contributed by atoms with van der Waals surface area (Å²) in [6.45, 7) is 1.39. The van der Waals surface area contributed by atoms with E-state index in [1.807, 2.05) is 18.2 Å². The van der Waals surface area contributed by atoms with Crippen molar-refractivity contribution in [3.05, 3.63) is 70.1 Å². The van der Waals surface area contributed by atoms with Crippen LogP contribution >= 0.6 is 23.2 Å². The fraction of sp³-hybridized carbons (Fsp3) is 0.273. The molecule has 0 amide bonds. The van der Waals surface area contributed by atoms with Crippen LogP contribution in [-0.4, -0.2) is 42.8 Å². The molecular formula is C22H21Cl2N3O3S. The first-order valence-corrected chi connectivity index (χ1v) is 12.4. The van der Waals surface area contributed by atoms with Crippen LogP contribution in [0.5, 0.6) is 0 Å². The van der Waals surface area contributed by atoms with E-state index >= 15 is 0 Å². The second kappa shape index (κ2) is 9.12. The summed E-state index contributed by atoms with van der Waals surface area (Å²) in [7, 11) is -3.43. The van der Waals surface area contributed by atoms with Gasteiger partial charge in [0.25, 0.3) is 0 Å². The maximum Gasteiger partial charge on any atom is 0.176 e. The summed E-state index contributed by atoms with van der Waals surface area (Å²) in [6.07, 6.45) is 6.73. The third-order valence-corrected chi connectivity index (χ3v) is 7.00. The third-order valence-electron chi connectivity index (χ3n) is 5.15. The Morgan fingerprint density at radius 2 is 1.97 bits per heavy atom. The second-order valence-corrected chi connectivity index (χ2v) is 10.2. The summed E-state index contributed by atoms with van der Waals surface area (Å²) in [5.74, 6) is 0.840. The first kappa shape index (κ1) is 22.0. The first-order valence-electron chi connectivity index (χ1n) is 9.80. The zero-order chi connectivity index (χ0) is 22.0. The minimum atomic E-state index is -3.43. The maximum atomic E-state index is 12.0. The number of nitrogens with zero attached hydrogens (tertiary/aromatic N) is 2. The highest BCUT2D eigenvalue weighted by atomic mass is 35.5. The smallest absolute Gasteiger partial charge is 0.176 e. The van der Waals surface area contributed by atoms with Crippen LogP contribution < -0.4 is 0 Å². The largest absolute Gasteiger partial charge is 0.381 e. The number of pyridine rings is 1. The van der Waals surface area contributed by atoms with Crippen LogP contribution in [0, 0.1) is 5.92 Å². The Morgan fingerprint density at radius 1 is 1.19 bits per heavy atom. The Hall–Kier alpha value is -2.19. The molecule has 0 spiro atoms. The quantitative estimate of drug-likeness (QED) is 0.556. The molecule has 0 unspecified atom stereocenters. The van der Waals surface area contributed by atoms with E-state index in [1.165, 1.54) is 6.07 Å². The van der Waals surface area contributed by atoms with Gasteiger partial charge >= 0.3 is 0 Å². The fourth-order valence-electron chi connectivity index (χ4n) is 3.57. The summed E-state index contributed by atoms with van der Waals surface area (Å²) < 4.78 is 29.4. The molecule has 1 aromatic carbocycles. The van der Waals surface area contributed by atoms with Gasteiger partial charge in [-0.1, -0.05) is 41.4 Å². The zero-order valence-electron chi connectivity index (χ0n) is 16.8. The topological polar surface area (TPSA) is 84.9 Å². The van der Waals surface area contributed by atoms with Gasteiger partial charge < -0.3 is 9.72 Å². The molecule has 1 aliphatic heterocycles. The number of benzene rings is 1. The van der Waals surface area contributed by atoms with Gasteiger partial charge in [-0.15, -0.1) is 0 Å². The highest BCUT2D eigenvalue weighted by Crippen LogP contribution is 2.35. The normalized spacial score (nSPS) is 15.9. The number of hydrogen-bond donors (Lipinski definition) is 1. The lowest BCUT2D eigenvalue weighted by Gasteiger charge is -2.20. The van der Waals surface area contributed by atoms with E-state index in [9.17, 15) is 8.42 Å². The second-order valence-electron chi connectivity index (χ2n) is 7.41. The van der Waals surface area contributed by atoms with E-state index in [4.69, 9.17) is 27.9 Å². The van der Waals surface area contributed by atoms with E-state index in [1.54, 1.807) is 18.3 Å². The van der Waals surface area contributed by atoms with Crippen LogP contribution in [0.2, 0.25) is 10.2 Å². The van der Waals surface area contributed by atoms with Gasteiger partial charge in [-0.3, -0.25) is 4.98 Å². The van der Waals surface area contributed by atoms with Crippen molar-refractivity contribution in [2.75, 3.05) is 19.5 Å². The van der Waals surface area contributed by atoms with Crippen molar-refractivity contribution in [3.63, 3.8) is 0 Å². The van der Waals surface area contributed by atoms with E-state index in [0.717, 1.165) is 30.2 Å². The average molecular weight is 478 g/mol. The number of nitrogens with one attached hydrogen (secondary N) is 1. The molecule has 0 aliphatic carbocycles. The van der Waals surface area contributed by atoms with E-state index < -0.39 is 9.84 Å². The Kier molecular flexibility index (Phi) is 6.48. The molecule has 3 heterocycles. The van der Waals surface area contributed by atoms with E-state index in [0.29, 0.717) is 35.6 Å². The Labute approximate surface area is 191 Å². The van der Waals surface area contributed by atoms with Crippen LogP contribution in [0.4, 0.5) is 0 Å². The number of hydrogen-bond acceptors (Lipinski definition) is 5. The lowest BCUT2D eigenvalue weighted by atomic mass is 9.93. The average Bonchev–Trinajstić information content (AvgIpc) is 3.14. The Balaban J connectivity index is 1.82. The lowest BCUT2D eigenvalue weighted by molar-refractivity contribution is 0.0786. The lowest BCUT2D eigenvalue weighted by Crippen LogP contribution is -2.14. The van der Waals surface area contributed by atoms with Crippen LogP contribution in [-0.2, 0) is 14.6 Å². The van der Waals surface area contributed by atoms with Crippen molar-refractivity contribution >= 4 is 38.6 Å². The molecular weight excluding hydrogens is 457 g/mol. The van der Waals surface area contributed by atoms with Crippen LogP contribution in [0.3, 0.4) is 0 Å². The van der Waals surface area contributed by atoms with Crippen LogP contribution in [0.25, 0.3) is 17.1 Å². The molecule has 0 saturated carbocycles. The van der Waals surface area contributed by atoms with Gasteiger partial charge in [-0.05, 0) is 48.6 Å². The molecule has 1 aliphatic rings. The number of rotatable bonds is 5. The minimum absolute atomic E-state index is 0.0909. The third kappa shape index (κ3) is 5.01. The van der Waals surface area contributed by atoms with Crippen molar-refractivity contribution in [1.82, 2.24) is 15.0 Å². The molecule has 0 bridgehead atoms. The summed E-state index contributed by atoms with van der Waals surface area (Å²) in [4.78, 5) is 12.2. The summed E-state index contributed by atoms with van der Waals surface area (Å²) in [5.41, 5.74) is 2.87. The number of H-pyrrole nitrogens is 1. The standard InChI is InChI=1S/C22H21Cl2N3O3S/c1-31(28,29)19-6-5-15(13-17(19)23)16(12-14-7-10-30-11-8-14)20-21(24)27-22(26-20)18-4-2-3-9-25-18/h2-6,9,12-14H,7-8,10-11H2,1H3,(H,26,27)/b16-12+. The van der Waals surface area contributed by atoms with Crippen molar-refractivity contribution in [2.24, 2.45) is 5.92 Å². The van der Waals surface area contributed by atoms with Crippen molar-refractivity contribution in [3.8, 4) is 11.5 Å². The molecule has 31 heavy (non-hydrogen) atoms. The van der Waals surface area contributed by atoms with Gasteiger partial charge in [0, 0.05) is 31.2 Å². The highest BCUT2D eigenvalue weighted by Gasteiger charge is 2.21. The van der Waals surface area contributed by atoms with Crippen LogP contribution in [0.15, 0.2) is 53.6 Å². The number of aromatic nitrogens is 3. The van der Waals surface area contributed by atoms with Gasteiger partial charge in [0.05, 0.1) is 15.6 Å². The SMILES string of the molecule is CS(=O)(=O)c1ccc(/C(=C\C2CCOCC2)c2[nH]c(-c3ccccn3)nc2Cl)cc1Cl. The molecule has 3 aromatic rings. The maximum absolute atomic E-state index is 12.0. The molecule has 1 saturated heterocycles. The number of sulfone groups is 1. The summed E-state index contributed by atoms with van der Waals surface area (Å²) >= 11 is 12.9. The van der Waals surface area contributed by atoms with E-state index in [-0.39, 0.29) is 15.8 Å². The fourth-order valence-corrected chi connectivity index (χ4v) is 5.13. The van der Waals surface area contributed by atoms with Gasteiger partial charge in [-0.25, -0.2) is 13.4 Å². The highest BCUT2D eigenvalue weighted by molar-refractivity contribution is 7.90. The molecule has 4 rings (SSSR count). The van der Waals surface area contributed by atoms with Crippen molar-refractivity contribution < 1.29 is 13.2 Å². The summed E-state index contributed by atoms with van der Waals surface area (Å²) in [5, 5.41) is 0.473. The molecule has 6 nitrogen and oxygen atoms in total. The number of allylic oxidation sites excluding steroid dienone is 1. The molecule has 9 heteroatoms. The zero-order valence-corrected chi connectivity index (χ0v) is 19.1. The van der Waals surface area contributed by atoms with Gasteiger partial charge in [0.15, 0.2) is 20.8 Å². The molecule has 1 N–H and O–H groups in total. The molecule has 0 atom stereocenters. The molecule has 1 fully saturated rings. The summed E-state index contributed by atoms with van der Waals surface area (Å²) in [6, 6.07) is 10.5. The number of ether oxygens (including phenoxy) is 1.